The molecule has 5 nitrogen and oxygen atoms in total. The van der Waals surface area contributed by atoms with E-state index in [9.17, 15) is 4.79 Å². The van der Waals surface area contributed by atoms with Crippen molar-refractivity contribution in [3.05, 3.63) is 29.8 Å². The van der Waals surface area contributed by atoms with Gasteiger partial charge in [-0.3, -0.25) is 4.79 Å². The second-order valence-electron chi connectivity index (χ2n) is 4.68. The van der Waals surface area contributed by atoms with Gasteiger partial charge in [-0.2, -0.15) is 0 Å². The van der Waals surface area contributed by atoms with Crippen LogP contribution in [0.2, 0.25) is 0 Å². The second kappa shape index (κ2) is 8.09. The summed E-state index contributed by atoms with van der Waals surface area (Å²) in [6, 6.07) is 7.90. The number of rotatable bonds is 5. The lowest BCUT2D eigenvalue weighted by atomic mass is 10.0. The van der Waals surface area contributed by atoms with Gasteiger partial charge >= 0.3 is 0 Å². The first-order valence-corrected chi connectivity index (χ1v) is 6.46. The first-order chi connectivity index (χ1) is 9.22. The summed E-state index contributed by atoms with van der Waals surface area (Å²) in [6.07, 6.45) is 0.852. The molecule has 112 valence electrons. The van der Waals surface area contributed by atoms with Crippen LogP contribution in [0.1, 0.15) is 12.0 Å². The molecule has 1 aliphatic rings. The number of hydrogen-bond donors (Lipinski definition) is 2. The number of carbonyl (C=O) groups excluding carboxylic acids is 1. The monoisotopic (exact) mass is 300 g/mol. The SMILES string of the molecule is COC(CN)CC(=O)NC1COc2ccccc2C1.Cl. The number of nitrogens with one attached hydrogen (secondary N) is 1. The minimum Gasteiger partial charge on any atom is -0.491 e. The van der Waals surface area contributed by atoms with Gasteiger partial charge in [-0.1, -0.05) is 18.2 Å². The smallest absolute Gasteiger partial charge is 0.223 e. The van der Waals surface area contributed by atoms with Gasteiger partial charge in [0.25, 0.3) is 0 Å². The summed E-state index contributed by atoms with van der Waals surface area (Å²) >= 11 is 0. The van der Waals surface area contributed by atoms with Crippen molar-refractivity contribution in [1.82, 2.24) is 5.32 Å². The quantitative estimate of drug-likeness (QED) is 0.847. The van der Waals surface area contributed by atoms with E-state index in [1.165, 1.54) is 0 Å². The third kappa shape index (κ3) is 4.37. The van der Waals surface area contributed by atoms with E-state index in [0.29, 0.717) is 13.2 Å². The molecule has 6 heteroatoms. The highest BCUT2D eigenvalue weighted by Crippen LogP contribution is 2.23. The van der Waals surface area contributed by atoms with Gasteiger partial charge in [0.05, 0.1) is 18.6 Å². The Balaban J connectivity index is 0.00000200. The maximum Gasteiger partial charge on any atom is 0.223 e. The van der Waals surface area contributed by atoms with Crippen LogP contribution in [0.25, 0.3) is 0 Å². The summed E-state index contributed by atoms with van der Waals surface area (Å²) in [7, 11) is 1.56. The van der Waals surface area contributed by atoms with Crippen molar-refractivity contribution < 1.29 is 14.3 Å². The molecule has 0 saturated heterocycles. The number of methoxy groups -OCH3 is 1. The van der Waals surface area contributed by atoms with E-state index in [0.717, 1.165) is 17.7 Å². The fourth-order valence-corrected chi connectivity index (χ4v) is 2.18. The van der Waals surface area contributed by atoms with Crippen molar-refractivity contribution >= 4 is 18.3 Å². The largest absolute Gasteiger partial charge is 0.491 e. The number of amides is 1. The van der Waals surface area contributed by atoms with E-state index in [2.05, 4.69) is 5.32 Å². The van der Waals surface area contributed by atoms with Crippen LogP contribution in [-0.4, -0.2) is 38.3 Å². The zero-order valence-corrected chi connectivity index (χ0v) is 12.3. The van der Waals surface area contributed by atoms with Crippen molar-refractivity contribution in [3.8, 4) is 5.75 Å². The molecule has 0 spiro atoms. The van der Waals surface area contributed by atoms with Crippen LogP contribution in [0.4, 0.5) is 0 Å². The van der Waals surface area contributed by atoms with Crippen LogP contribution in [0.5, 0.6) is 5.75 Å². The van der Waals surface area contributed by atoms with Crippen LogP contribution >= 0.6 is 12.4 Å². The predicted octanol–water partition coefficient (Wildman–Crippen LogP) is 0.892. The van der Waals surface area contributed by atoms with Crippen molar-refractivity contribution in [2.75, 3.05) is 20.3 Å². The second-order valence-corrected chi connectivity index (χ2v) is 4.68. The lowest BCUT2D eigenvalue weighted by molar-refractivity contribution is -0.124. The third-order valence-electron chi connectivity index (χ3n) is 3.25. The van der Waals surface area contributed by atoms with Gasteiger partial charge in [0.2, 0.25) is 5.91 Å². The minimum absolute atomic E-state index is 0. The fraction of sp³-hybridized carbons (Fsp3) is 0.500. The zero-order chi connectivity index (χ0) is 13.7. The zero-order valence-electron chi connectivity index (χ0n) is 11.5. The molecule has 1 aromatic rings. The first-order valence-electron chi connectivity index (χ1n) is 6.46. The van der Waals surface area contributed by atoms with Crippen LogP contribution in [0.15, 0.2) is 24.3 Å². The molecule has 2 unspecified atom stereocenters. The molecule has 0 radical (unpaired) electrons. The Morgan fingerprint density at radius 3 is 3.00 bits per heavy atom. The molecule has 1 aromatic carbocycles. The Kier molecular flexibility index (Phi) is 6.78. The maximum atomic E-state index is 11.8. The topological polar surface area (TPSA) is 73.6 Å². The first kappa shape index (κ1) is 16.8. The third-order valence-corrected chi connectivity index (χ3v) is 3.25. The lowest BCUT2D eigenvalue weighted by Gasteiger charge is -2.26. The number of fused-ring (bicyclic) bond motifs is 1. The van der Waals surface area contributed by atoms with E-state index in [-0.39, 0.29) is 36.9 Å². The Hall–Kier alpha value is -1.30. The van der Waals surface area contributed by atoms with E-state index >= 15 is 0 Å². The Morgan fingerprint density at radius 2 is 2.30 bits per heavy atom. The van der Waals surface area contributed by atoms with Crippen molar-refractivity contribution in [1.29, 1.82) is 0 Å². The molecule has 0 aliphatic carbocycles. The molecule has 2 rings (SSSR count). The molecule has 0 fully saturated rings. The Bertz CT molecular complexity index is 438. The number of carbonyl (C=O) groups is 1. The van der Waals surface area contributed by atoms with E-state index in [1.54, 1.807) is 7.11 Å². The lowest BCUT2D eigenvalue weighted by Crippen LogP contribution is -2.44. The standard InChI is InChI=1S/C14H20N2O3.ClH/c1-18-12(8-15)7-14(17)16-11-6-10-4-2-3-5-13(10)19-9-11;/h2-5,11-12H,6-9,15H2,1H3,(H,16,17);1H. The Morgan fingerprint density at radius 1 is 1.55 bits per heavy atom. The molecule has 1 aliphatic heterocycles. The molecular formula is C14H21ClN2O3. The van der Waals surface area contributed by atoms with E-state index in [1.807, 2.05) is 24.3 Å². The summed E-state index contributed by atoms with van der Waals surface area (Å²) in [4.78, 5) is 11.8. The van der Waals surface area contributed by atoms with Crippen LogP contribution in [-0.2, 0) is 16.0 Å². The number of hydrogen-bond acceptors (Lipinski definition) is 4. The van der Waals surface area contributed by atoms with Crippen molar-refractivity contribution in [2.45, 2.75) is 25.0 Å². The molecule has 3 N–H and O–H groups in total. The predicted molar refractivity (Wildman–Crippen MR) is 79.3 cm³/mol. The van der Waals surface area contributed by atoms with Gasteiger partial charge in [-0.15, -0.1) is 12.4 Å². The normalized spacial score (nSPS) is 18.2. The van der Waals surface area contributed by atoms with Crippen LogP contribution in [0.3, 0.4) is 0 Å². The van der Waals surface area contributed by atoms with Gasteiger partial charge in [0.1, 0.15) is 12.4 Å². The summed E-state index contributed by atoms with van der Waals surface area (Å²) in [5.74, 6) is 0.856. The van der Waals surface area contributed by atoms with Crippen molar-refractivity contribution in [2.24, 2.45) is 5.73 Å². The summed E-state index contributed by atoms with van der Waals surface area (Å²) < 4.78 is 10.7. The Labute approximate surface area is 125 Å². The van der Waals surface area contributed by atoms with Gasteiger partial charge in [0, 0.05) is 13.7 Å². The maximum absolute atomic E-state index is 11.8. The molecular weight excluding hydrogens is 280 g/mol. The van der Waals surface area contributed by atoms with Gasteiger partial charge in [-0.25, -0.2) is 0 Å². The summed E-state index contributed by atoms with van der Waals surface area (Å²) in [5, 5.41) is 2.96. The van der Waals surface area contributed by atoms with Gasteiger partial charge in [0.15, 0.2) is 0 Å². The highest BCUT2D eigenvalue weighted by molar-refractivity contribution is 5.85. The minimum atomic E-state index is -0.225. The van der Waals surface area contributed by atoms with E-state index < -0.39 is 0 Å². The number of halogens is 1. The number of ether oxygens (including phenoxy) is 2. The van der Waals surface area contributed by atoms with Crippen LogP contribution in [0, 0.1) is 0 Å². The fourth-order valence-electron chi connectivity index (χ4n) is 2.18. The molecule has 2 atom stereocenters. The van der Waals surface area contributed by atoms with Gasteiger partial charge in [-0.05, 0) is 18.1 Å². The number of benzene rings is 1. The van der Waals surface area contributed by atoms with Gasteiger partial charge < -0.3 is 20.5 Å². The summed E-state index contributed by atoms with van der Waals surface area (Å²) in [5.41, 5.74) is 6.62. The molecule has 1 amide bonds. The highest BCUT2D eigenvalue weighted by Gasteiger charge is 2.22. The van der Waals surface area contributed by atoms with Crippen LogP contribution < -0.4 is 15.8 Å². The molecule has 0 bridgehead atoms. The molecule has 0 saturated carbocycles. The highest BCUT2D eigenvalue weighted by atomic mass is 35.5. The van der Waals surface area contributed by atoms with Crippen molar-refractivity contribution in [3.63, 3.8) is 0 Å². The average molecular weight is 301 g/mol. The average Bonchev–Trinajstić information content (AvgIpc) is 2.44. The molecule has 1 heterocycles. The number of para-hydroxylation sites is 1. The molecule has 20 heavy (non-hydrogen) atoms. The molecule has 0 aromatic heterocycles. The summed E-state index contributed by atoms with van der Waals surface area (Å²) in [6.45, 7) is 0.844. The number of nitrogens with two attached hydrogens (primary N) is 1. The van der Waals surface area contributed by atoms with E-state index in [4.69, 9.17) is 15.2 Å².